The van der Waals surface area contributed by atoms with Gasteiger partial charge in [0.15, 0.2) is 11.6 Å². The summed E-state index contributed by atoms with van der Waals surface area (Å²) in [6.07, 6.45) is 0. The second-order valence-corrected chi connectivity index (χ2v) is 4.17. The fourth-order valence-electron chi connectivity index (χ4n) is 1.20. The summed E-state index contributed by atoms with van der Waals surface area (Å²) >= 11 is 3.00. The van der Waals surface area contributed by atoms with E-state index in [9.17, 15) is 17.6 Å². The summed E-state index contributed by atoms with van der Waals surface area (Å²) in [4.78, 5) is 2.95. The zero-order valence-electron chi connectivity index (χ0n) is 8.55. The van der Waals surface area contributed by atoms with Crippen LogP contribution in [0, 0.1) is 23.4 Å². The van der Waals surface area contributed by atoms with Crippen molar-refractivity contribution in [2.45, 2.75) is 0 Å². The lowest BCUT2D eigenvalue weighted by Gasteiger charge is -2.06. The van der Waals surface area contributed by atoms with Crippen LogP contribution in [0.3, 0.4) is 0 Å². The number of hydrogen-bond acceptors (Lipinski definition) is 2. The molecule has 1 aromatic carbocycles. The highest BCUT2D eigenvalue weighted by Crippen LogP contribution is 2.27. The largest absolute Gasteiger partial charge is 0.436 e. The molecule has 0 bridgehead atoms. The molecule has 0 unspecified atom stereocenters. The third kappa shape index (κ3) is 2.79. The van der Waals surface area contributed by atoms with Gasteiger partial charge in [0.1, 0.15) is 11.6 Å². The molecule has 0 spiro atoms. The number of rotatable bonds is 2. The van der Waals surface area contributed by atoms with Crippen molar-refractivity contribution < 1.29 is 22.3 Å². The monoisotopic (exact) mass is 321 g/mol. The van der Waals surface area contributed by atoms with Crippen LogP contribution in [0.25, 0.3) is 0 Å². The number of aromatic nitrogens is 1. The normalized spacial score (nSPS) is 10.5. The molecule has 0 aliphatic carbocycles. The smallest absolute Gasteiger partial charge is 0.258 e. The molecule has 0 aliphatic heterocycles. The van der Waals surface area contributed by atoms with Gasteiger partial charge < -0.3 is 4.74 Å². The molecule has 7 heteroatoms. The van der Waals surface area contributed by atoms with Crippen molar-refractivity contribution in [1.82, 2.24) is 4.98 Å². The fourth-order valence-corrected chi connectivity index (χ4v) is 1.64. The lowest BCUT2D eigenvalue weighted by Crippen LogP contribution is -1.98. The van der Waals surface area contributed by atoms with E-state index in [1.54, 1.807) is 0 Å². The van der Waals surface area contributed by atoms with Gasteiger partial charge in [-0.3, -0.25) is 0 Å². The van der Waals surface area contributed by atoms with Gasteiger partial charge in [-0.05, 0) is 12.1 Å². The van der Waals surface area contributed by atoms with Crippen molar-refractivity contribution in [3.8, 4) is 11.6 Å². The molecule has 0 fully saturated rings. The number of nitrogens with zero attached hydrogens (tertiary/aromatic N) is 1. The molecule has 0 radical (unpaired) electrons. The summed E-state index contributed by atoms with van der Waals surface area (Å²) in [7, 11) is 0. The van der Waals surface area contributed by atoms with Crippen molar-refractivity contribution in [1.29, 1.82) is 0 Å². The zero-order valence-corrected chi connectivity index (χ0v) is 10.1. The molecule has 1 heterocycles. The van der Waals surface area contributed by atoms with Gasteiger partial charge in [0, 0.05) is 16.6 Å². The molecule has 94 valence electrons. The Kier molecular flexibility index (Phi) is 3.51. The predicted molar refractivity (Wildman–Crippen MR) is 58.3 cm³/mol. The van der Waals surface area contributed by atoms with Gasteiger partial charge in [0.05, 0.1) is 0 Å². The minimum absolute atomic E-state index is 0.0979. The Morgan fingerprint density at radius 3 is 2.33 bits per heavy atom. The highest BCUT2D eigenvalue weighted by atomic mass is 79.9. The number of benzene rings is 1. The molecule has 2 nitrogen and oxygen atoms in total. The Hall–Kier alpha value is -1.63. The molecule has 0 saturated heterocycles. The second kappa shape index (κ2) is 4.93. The maximum absolute atomic E-state index is 13.2. The van der Waals surface area contributed by atoms with Crippen molar-refractivity contribution in [3.05, 3.63) is 52.1 Å². The van der Waals surface area contributed by atoms with Crippen LogP contribution < -0.4 is 4.74 Å². The minimum Gasteiger partial charge on any atom is -0.436 e. The van der Waals surface area contributed by atoms with Gasteiger partial charge in [-0.2, -0.15) is 9.37 Å². The molecule has 0 saturated carbocycles. The molecule has 1 aromatic heterocycles. The van der Waals surface area contributed by atoms with Gasteiger partial charge in [-0.25, -0.2) is 13.2 Å². The Balaban J connectivity index is 2.36. The van der Waals surface area contributed by atoms with E-state index >= 15 is 0 Å². The molecule has 18 heavy (non-hydrogen) atoms. The van der Waals surface area contributed by atoms with Crippen LogP contribution in [0.5, 0.6) is 11.6 Å². The summed E-state index contributed by atoms with van der Waals surface area (Å²) in [6, 6.07) is 3.73. The van der Waals surface area contributed by atoms with E-state index in [1.165, 1.54) is 6.07 Å². The molecule has 0 aliphatic rings. The first kappa shape index (κ1) is 12.8. The van der Waals surface area contributed by atoms with Crippen LogP contribution in [0.1, 0.15) is 0 Å². The molecule has 0 N–H and O–H groups in total. The van der Waals surface area contributed by atoms with E-state index in [0.29, 0.717) is 10.5 Å². The molecule has 2 rings (SSSR count). The molecular formula is C11H4BrF4NO. The van der Waals surface area contributed by atoms with E-state index in [4.69, 9.17) is 4.74 Å². The lowest BCUT2D eigenvalue weighted by atomic mass is 10.3. The number of hydrogen-bond donors (Lipinski definition) is 0. The average molecular weight is 322 g/mol. The van der Waals surface area contributed by atoms with Crippen LogP contribution in [0.2, 0.25) is 0 Å². The Morgan fingerprint density at radius 2 is 1.67 bits per heavy atom. The van der Waals surface area contributed by atoms with Crippen molar-refractivity contribution >= 4 is 15.9 Å². The summed E-state index contributed by atoms with van der Waals surface area (Å²) in [5.41, 5.74) is 0. The van der Waals surface area contributed by atoms with Gasteiger partial charge in [-0.1, -0.05) is 15.9 Å². The average Bonchev–Trinajstić information content (AvgIpc) is 2.24. The third-order valence-electron chi connectivity index (χ3n) is 1.91. The van der Waals surface area contributed by atoms with Crippen LogP contribution >= 0.6 is 15.9 Å². The Morgan fingerprint density at radius 1 is 0.944 bits per heavy atom. The molecule has 2 aromatic rings. The quantitative estimate of drug-likeness (QED) is 0.611. The van der Waals surface area contributed by atoms with E-state index in [0.717, 1.165) is 12.1 Å². The van der Waals surface area contributed by atoms with Gasteiger partial charge in [0.2, 0.25) is 0 Å². The highest BCUT2D eigenvalue weighted by molar-refractivity contribution is 9.10. The molecule has 0 amide bonds. The van der Waals surface area contributed by atoms with Crippen molar-refractivity contribution in [2.75, 3.05) is 0 Å². The van der Waals surface area contributed by atoms with Gasteiger partial charge in [-0.15, -0.1) is 0 Å². The predicted octanol–water partition coefficient (Wildman–Crippen LogP) is 4.19. The zero-order chi connectivity index (χ0) is 13.3. The highest BCUT2D eigenvalue weighted by Gasteiger charge is 2.14. The van der Waals surface area contributed by atoms with E-state index in [-0.39, 0.29) is 5.75 Å². The van der Waals surface area contributed by atoms with Crippen LogP contribution in [-0.4, -0.2) is 4.98 Å². The summed E-state index contributed by atoms with van der Waals surface area (Å²) in [5.74, 6) is -5.62. The SMILES string of the molecule is Fc1cc(Br)cc(Oc2nc(F)c(F)cc2F)c1. The number of pyridine rings is 1. The Bertz CT molecular complexity index is 586. The third-order valence-corrected chi connectivity index (χ3v) is 2.36. The first-order valence-electron chi connectivity index (χ1n) is 4.61. The van der Waals surface area contributed by atoms with E-state index in [1.807, 2.05) is 0 Å². The number of ether oxygens (including phenoxy) is 1. The number of halogens is 5. The van der Waals surface area contributed by atoms with Gasteiger partial charge >= 0.3 is 0 Å². The van der Waals surface area contributed by atoms with Crippen LogP contribution in [0.15, 0.2) is 28.7 Å². The topological polar surface area (TPSA) is 22.1 Å². The van der Waals surface area contributed by atoms with Gasteiger partial charge in [0.25, 0.3) is 11.8 Å². The molecular weight excluding hydrogens is 318 g/mol. The van der Waals surface area contributed by atoms with Crippen LogP contribution in [-0.2, 0) is 0 Å². The summed E-state index contributed by atoms with van der Waals surface area (Å²) in [5, 5.41) is 0. The minimum atomic E-state index is -1.50. The summed E-state index contributed by atoms with van der Waals surface area (Å²) in [6.45, 7) is 0. The lowest BCUT2D eigenvalue weighted by molar-refractivity contribution is 0.385. The fraction of sp³-hybridized carbons (Fsp3) is 0. The maximum atomic E-state index is 13.2. The first-order chi connectivity index (χ1) is 8.45. The second-order valence-electron chi connectivity index (χ2n) is 3.26. The van der Waals surface area contributed by atoms with Crippen molar-refractivity contribution in [3.63, 3.8) is 0 Å². The standard InChI is InChI=1S/C11H4BrF4NO/c12-5-1-6(13)3-7(2-5)18-11-9(15)4-8(14)10(16)17-11/h1-4H. The first-order valence-corrected chi connectivity index (χ1v) is 5.40. The Labute approximate surface area is 107 Å². The van der Waals surface area contributed by atoms with Crippen molar-refractivity contribution in [2.24, 2.45) is 0 Å². The molecule has 0 atom stereocenters. The maximum Gasteiger partial charge on any atom is 0.258 e. The van der Waals surface area contributed by atoms with Crippen LogP contribution in [0.4, 0.5) is 17.6 Å². The summed E-state index contributed by atoms with van der Waals surface area (Å²) < 4.78 is 56.9. The van der Waals surface area contributed by atoms with E-state index in [2.05, 4.69) is 20.9 Å². The van der Waals surface area contributed by atoms with E-state index < -0.39 is 29.3 Å².